The van der Waals surface area contributed by atoms with Crippen molar-refractivity contribution in [2.75, 3.05) is 7.11 Å². The lowest BCUT2D eigenvalue weighted by Crippen LogP contribution is -2.58. The first kappa shape index (κ1) is 26.4. The minimum absolute atomic E-state index is 0.0693. The van der Waals surface area contributed by atoms with Gasteiger partial charge in [0.05, 0.1) is 7.11 Å². The minimum Gasteiger partial charge on any atom is -0.469 e. The minimum atomic E-state index is -0.132. The van der Waals surface area contributed by atoms with E-state index in [1.54, 1.807) is 0 Å². The fraction of sp³-hybridized carbons (Fsp3) is 0.833. The Kier molecular flexibility index (Phi) is 7.56. The van der Waals surface area contributed by atoms with E-state index in [1.807, 2.05) is 13.8 Å². The van der Waals surface area contributed by atoms with Crippen LogP contribution in [0.1, 0.15) is 98.8 Å². The molecule has 0 saturated heterocycles. The fourth-order valence-electron chi connectivity index (χ4n) is 9.18. The molecular formula is C30H46O5. The third-order valence-corrected chi connectivity index (χ3v) is 11.1. The molecule has 4 fully saturated rings. The first-order chi connectivity index (χ1) is 16.6. The van der Waals surface area contributed by atoms with Crippen molar-refractivity contribution in [3.63, 3.8) is 0 Å². The summed E-state index contributed by atoms with van der Waals surface area (Å²) in [6.07, 6.45) is 11.0. The zero-order valence-corrected chi connectivity index (χ0v) is 22.7. The van der Waals surface area contributed by atoms with Gasteiger partial charge in [-0.2, -0.15) is 0 Å². The van der Waals surface area contributed by atoms with Gasteiger partial charge < -0.3 is 9.47 Å². The van der Waals surface area contributed by atoms with Gasteiger partial charge in [0.1, 0.15) is 6.10 Å². The van der Waals surface area contributed by atoms with Crippen LogP contribution in [0.25, 0.3) is 0 Å². The summed E-state index contributed by atoms with van der Waals surface area (Å²) in [4.78, 5) is 37.9. The molecule has 0 N–H and O–H groups in total. The Balaban J connectivity index is 1.57. The van der Waals surface area contributed by atoms with Gasteiger partial charge in [-0.15, -0.1) is 0 Å². The summed E-state index contributed by atoms with van der Waals surface area (Å²) in [6, 6.07) is 0. The molecule has 4 saturated carbocycles. The molecule has 0 bridgehead atoms. The van der Waals surface area contributed by atoms with Gasteiger partial charge in [0.25, 0.3) is 0 Å². The van der Waals surface area contributed by atoms with Gasteiger partial charge in [0, 0.05) is 18.8 Å². The summed E-state index contributed by atoms with van der Waals surface area (Å²) < 4.78 is 10.6. The third-order valence-electron chi connectivity index (χ3n) is 11.1. The van der Waals surface area contributed by atoms with E-state index in [1.165, 1.54) is 13.5 Å². The van der Waals surface area contributed by atoms with Crippen LogP contribution in [0, 0.1) is 46.3 Å². The van der Waals surface area contributed by atoms with Gasteiger partial charge >= 0.3 is 11.9 Å². The van der Waals surface area contributed by atoms with Crippen LogP contribution in [0.2, 0.25) is 0 Å². The number of ketones is 1. The van der Waals surface area contributed by atoms with Crippen LogP contribution in [-0.2, 0) is 23.9 Å². The highest BCUT2D eigenvalue weighted by molar-refractivity contribution is 5.99. The van der Waals surface area contributed by atoms with Crippen LogP contribution >= 0.6 is 0 Å². The van der Waals surface area contributed by atoms with Crippen molar-refractivity contribution < 1.29 is 23.9 Å². The molecule has 4 aliphatic carbocycles. The number of methoxy groups -OCH3 is 1. The molecule has 0 aromatic heterocycles. The fourth-order valence-corrected chi connectivity index (χ4v) is 9.18. The number of Topliss-reactive ketones (excluding diaryl/α,β-unsaturated/α-hetero) is 1. The zero-order chi connectivity index (χ0) is 25.5. The number of fused-ring (bicyclic) bond motifs is 5. The van der Waals surface area contributed by atoms with Crippen LogP contribution in [0.4, 0.5) is 0 Å². The van der Waals surface area contributed by atoms with E-state index in [4.69, 9.17) is 9.47 Å². The lowest BCUT2D eigenvalue weighted by molar-refractivity contribution is -0.161. The van der Waals surface area contributed by atoms with Crippen molar-refractivity contribution in [1.29, 1.82) is 0 Å². The van der Waals surface area contributed by atoms with Crippen LogP contribution in [0.3, 0.4) is 0 Å². The number of esters is 2. The standard InChI is InChI=1S/C30H46O5/c1-7-20-24-17-19(35-25(31)8-2)13-15-30(24,5)23-14-16-29(4)21(18(3)9-12-26(32)34-6)10-11-22(29)27(23)28(20)33/h7,18-19,21-24,27H,8-17H2,1-6H3/t18?,19-,21-,22+,23+,24+,27+,29-,30-/m1/s1. The number of hydrogen-bond acceptors (Lipinski definition) is 5. The Morgan fingerprint density at radius 1 is 1.06 bits per heavy atom. The molecule has 196 valence electrons. The largest absolute Gasteiger partial charge is 0.469 e. The maximum atomic E-state index is 14.2. The number of carbonyl (C=O) groups is 3. The molecule has 0 radical (unpaired) electrons. The summed E-state index contributed by atoms with van der Waals surface area (Å²) in [5, 5.41) is 0. The van der Waals surface area contributed by atoms with Gasteiger partial charge in [0.2, 0.25) is 0 Å². The third kappa shape index (κ3) is 4.39. The maximum Gasteiger partial charge on any atom is 0.305 e. The van der Waals surface area contributed by atoms with E-state index < -0.39 is 0 Å². The van der Waals surface area contributed by atoms with E-state index >= 15 is 0 Å². The van der Waals surface area contributed by atoms with Crippen LogP contribution in [0.15, 0.2) is 11.6 Å². The topological polar surface area (TPSA) is 69.7 Å². The predicted molar refractivity (Wildman–Crippen MR) is 135 cm³/mol. The molecule has 0 heterocycles. The average Bonchev–Trinajstić information content (AvgIpc) is 3.20. The average molecular weight is 487 g/mol. The summed E-state index contributed by atoms with van der Waals surface area (Å²) in [6.45, 7) is 11.0. The van der Waals surface area contributed by atoms with Gasteiger partial charge in [-0.05, 0) is 104 Å². The highest BCUT2D eigenvalue weighted by Gasteiger charge is 2.64. The van der Waals surface area contributed by atoms with Crippen molar-refractivity contribution in [3.05, 3.63) is 11.6 Å². The Morgan fingerprint density at radius 3 is 2.40 bits per heavy atom. The molecular weight excluding hydrogens is 440 g/mol. The van der Waals surface area contributed by atoms with E-state index in [-0.39, 0.29) is 40.7 Å². The SMILES string of the molecule is CC=C1C(=O)[C@@H]2[C@H](CC[C@]3(C)[C@@H](C(C)CCC(=O)OC)CC[C@@H]23)[C@@]2(C)CC[C@@H](OC(=O)CC)C[C@@H]12. The summed E-state index contributed by atoms with van der Waals surface area (Å²) >= 11 is 0. The highest BCUT2D eigenvalue weighted by atomic mass is 16.5. The Bertz CT molecular complexity index is 876. The Hall–Kier alpha value is -1.65. The molecule has 0 amide bonds. The summed E-state index contributed by atoms with van der Waals surface area (Å²) in [5.74, 6) is 2.24. The molecule has 0 aliphatic heterocycles. The van der Waals surface area contributed by atoms with Gasteiger partial charge in [0.15, 0.2) is 5.78 Å². The molecule has 5 nitrogen and oxygen atoms in total. The second-order valence-electron chi connectivity index (χ2n) is 12.5. The van der Waals surface area contributed by atoms with E-state index in [0.717, 1.165) is 50.5 Å². The molecule has 1 unspecified atom stereocenters. The van der Waals surface area contributed by atoms with E-state index in [0.29, 0.717) is 42.3 Å². The Labute approximate surface area is 211 Å². The van der Waals surface area contributed by atoms with Gasteiger partial charge in [-0.1, -0.05) is 33.8 Å². The van der Waals surface area contributed by atoms with E-state index in [9.17, 15) is 14.4 Å². The van der Waals surface area contributed by atoms with Crippen molar-refractivity contribution >= 4 is 17.7 Å². The van der Waals surface area contributed by atoms with Crippen molar-refractivity contribution in [1.82, 2.24) is 0 Å². The van der Waals surface area contributed by atoms with Crippen molar-refractivity contribution in [3.8, 4) is 0 Å². The quantitative estimate of drug-likeness (QED) is 0.326. The molecule has 0 spiro atoms. The molecule has 4 rings (SSSR count). The molecule has 0 aromatic carbocycles. The summed E-state index contributed by atoms with van der Waals surface area (Å²) in [7, 11) is 1.46. The Morgan fingerprint density at radius 2 is 1.74 bits per heavy atom. The van der Waals surface area contributed by atoms with Gasteiger partial charge in [-0.25, -0.2) is 0 Å². The molecule has 9 atom stereocenters. The maximum absolute atomic E-state index is 14.2. The molecule has 35 heavy (non-hydrogen) atoms. The number of hydrogen-bond donors (Lipinski definition) is 0. The number of carbonyl (C=O) groups excluding carboxylic acids is 3. The number of rotatable bonds is 6. The lowest BCUT2D eigenvalue weighted by atomic mass is 9.43. The van der Waals surface area contributed by atoms with Crippen molar-refractivity contribution in [2.24, 2.45) is 46.3 Å². The lowest BCUT2D eigenvalue weighted by Gasteiger charge is -2.61. The smallest absolute Gasteiger partial charge is 0.305 e. The van der Waals surface area contributed by atoms with Crippen LogP contribution in [-0.4, -0.2) is 30.9 Å². The van der Waals surface area contributed by atoms with Gasteiger partial charge in [-0.3, -0.25) is 14.4 Å². The zero-order valence-electron chi connectivity index (χ0n) is 22.7. The number of allylic oxidation sites excluding steroid dienone is 2. The first-order valence-corrected chi connectivity index (χ1v) is 14.1. The normalized spacial score (nSPS) is 42.6. The summed E-state index contributed by atoms with van der Waals surface area (Å²) in [5.41, 5.74) is 1.24. The molecule has 5 heteroatoms. The molecule has 0 aromatic rings. The monoisotopic (exact) mass is 486 g/mol. The van der Waals surface area contributed by atoms with E-state index in [2.05, 4.69) is 26.8 Å². The second kappa shape index (κ2) is 10.0. The number of ether oxygens (including phenoxy) is 2. The van der Waals surface area contributed by atoms with Crippen LogP contribution in [0.5, 0.6) is 0 Å². The van der Waals surface area contributed by atoms with Crippen LogP contribution < -0.4 is 0 Å². The predicted octanol–water partition coefficient (Wildman–Crippen LogP) is 6.29. The second-order valence-corrected chi connectivity index (χ2v) is 12.5. The molecule has 4 aliphatic rings. The highest BCUT2D eigenvalue weighted by Crippen LogP contribution is 2.68. The van der Waals surface area contributed by atoms with Crippen molar-refractivity contribution in [2.45, 2.75) is 105 Å². The first-order valence-electron chi connectivity index (χ1n) is 14.1.